The Kier molecular flexibility index (Phi) is 2.36. The van der Waals surface area contributed by atoms with Crippen LogP contribution in [0.4, 0.5) is 0 Å². The van der Waals surface area contributed by atoms with Gasteiger partial charge in [-0.15, -0.1) is 0 Å². The Hall–Kier alpha value is -0.460. The van der Waals surface area contributed by atoms with Crippen LogP contribution in [-0.2, 0) is 19.1 Å². The van der Waals surface area contributed by atoms with Gasteiger partial charge in [0.05, 0.1) is 0 Å². The van der Waals surface area contributed by atoms with Crippen LogP contribution in [0.5, 0.6) is 0 Å². The van der Waals surface area contributed by atoms with Crippen molar-refractivity contribution >= 4 is 27.7 Å². The third-order valence-corrected chi connectivity index (χ3v) is 3.33. The number of rotatable bonds is 1. The number of carbonyl (C=O) groups excluding carboxylic acids is 2. The van der Waals surface area contributed by atoms with Crippen molar-refractivity contribution in [2.75, 3.05) is 0 Å². The molecule has 0 amide bonds. The molecular weight excluding hydrogens is 256 g/mol. The number of aliphatic hydroxyl groups is 1. The number of aliphatic hydroxyl groups excluding tert-OH is 1. The molecule has 14 heavy (non-hydrogen) atoms. The van der Waals surface area contributed by atoms with Crippen LogP contribution in [0.3, 0.4) is 0 Å². The number of Topliss-reactive ketones (excluding diaryl/α,β-unsaturated/α-hetero) is 1. The number of esters is 1. The van der Waals surface area contributed by atoms with Crippen molar-refractivity contribution < 1.29 is 24.2 Å². The monoisotopic (exact) mass is 264 g/mol. The first-order valence-electron chi connectivity index (χ1n) is 4.21. The third kappa shape index (κ3) is 1.47. The molecule has 2 rings (SSSR count). The average Bonchev–Trinajstić information content (AvgIpc) is 2.88. The largest absolute Gasteiger partial charge is 0.457 e. The topological polar surface area (TPSA) is 76.1 Å². The number of fused-ring (bicyclic) bond motifs is 1. The zero-order chi connectivity index (χ0) is 10.5. The summed E-state index contributed by atoms with van der Waals surface area (Å²) in [4.78, 5) is 21.3. The summed E-state index contributed by atoms with van der Waals surface area (Å²) in [6, 6.07) is 0. The second-order valence-corrected chi connectivity index (χ2v) is 4.38. The van der Waals surface area contributed by atoms with E-state index in [1.54, 1.807) is 0 Å². The summed E-state index contributed by atoms with van der Waals surface area (Å²) < 4.78 is 9.91. The first-order chi connectivity index (χ1) is 6.52. The fraction of sp³-hybridized carbons (Fsp3) is 0.750. The lowest BCUT2D eigenvalue weighted by atomic mass is 9.93. The summed E-state index contributed by atoms with van der Waals surface area (Å²) in [5.41, 5.74) is 0. The molecule has 1 heterocycles. The Morgan fingerprint density at radius 2 is 2.29 bits per heavy atom. The number of hydrogen-bond acceptors (Lipinski definition) is 5. The molecule has 0 aromatic rings. The Bertz CT molecular complexity index is 291. The van der Waals surface area contributed by atoms with E-state index in [1.165, 1.54) is 6.92 Å². The molecule has 1 saturated carbocycles. The molecule has 0 spiro atoms. The third-order valence-electron chi connectivity index (χ3n) is 2.34. The molecule has 0 aromatic carbocycles. The number of epoxide rings is 1. The van der Waals surface area contributed by atoms with E-state index in [9.17, 15) is 14.7 Å². The van der Waals surface area contributed by atoms with Gasteiger partial charge < -0.3 is 14.6 Å². The fourth-order valence-electron chi connectivity index (χ4n) is 1.62. The van der Waals surface area contributed by atoms with E-state index in [4.69, 9.17) is 9.47 Å². The van der Waals surface area contributed by atoms with Crippen molar-refractivity contribution in [1.82, 2.24) is 0 Å². The number of ketones is 1. The van der Waals surface area contributed by atoms with Gasteiger partial charge in [0.1, 0.15) is 23.1 Å². The Morgan fingerprint density at radius 1 is 1.64 bits per heavy atom. The average molecular weight is 265 g/mol. The van der Waals surface area contributed by atoms with Crippen LogP contribution in [-0.4, -0.2) is 46.1 Å². The highest BCUT2D eigenvalue weighted by atomic mass is 79.9. The summed E-state index contributed by atoms with van der Waals surface area (Å²) in [5, 5.41) is 9.63. The smallest absolute Gasteiger partial charge is 0.303 e. The highest BCUT2D eigenvalue weighted by Crippen LogP contribution is 2.38. The van der Waals surface area contributed by atoms with Crippen molar-refractivity contribution in [3.63, 3.8) is 0 Å². The van der Waals surface area contributed by atoms with E-state index < -0.39 is 35.2 Å². The van der Waals surface area contributed by atoms with Crippen LogP contribution in [0.15, 0.2) is 0 Å². The highest BCUT2D eigenvalue weighted by Gasteiger charge is 2.61. The molecule has 6 heteroatoms. The van der Waals surface area contributed by atoms with Gasteiger partial charge in [0.15, 0.2) is 11.9 Å². The van der Waals surface area contributed by atoms with Gasteiger partial charge in [-0.1, -0.05) is 15.9 Å². The highest BCUT2D eigenvalue weighted by molar-refractivity contribution is 9.10. The van der Waals surface area contributed by atoms with Crippen LogP contribution in [0.1, 0.15) is 6.92 Å². The molecule has 2 aliphatic rings. The van der Waals surface area contributed by atoms with E-state index >= 15 is 0 Å². The van der Waals surface area contributed by atoms with E-state index in [2.05, 4.69) is 15.9 Å². The van der Waals surface area contributed by atoms with Crippen molar-refractivity contribution in [3.8, 4) is 0 Å². The van der Waals surface area contributed by atoms with E-state index in [1.807, 2.05) is 0 Å². The van der Waals surface area contributed by atoms with Crippen LogP contribution in [0, 0.1) is 0 Å². The normalized spacial score (nSPS) is 45.6. The van der Waals surface area contributed by atoms with Crippen molar-refractivity contribution in [3.05, 3.63) is 0 Å². The van der Waals surface area contributed by atoms with Crippen LogP contribution in [0.25, 0.3) is 0 Å². The minimum atomic E-state index is -1.03. The first kappa shape index (κ1) is 10.1. The van der Waals surface area contributed by atoms with Gasteiger partial charge in [-0.05, 0) is 0 Å². The summed E-state index contributed by atoms with van der Waals surface area (Å²) >= 11 is 3.05. The Labute approximate surface area is 88.5 Å². The summed E-state index contributed by atoms with van der Waals surface area (Å²) in [5.74, 6) is -0.678. The number of hydrogen-bond donors (Lipinski definition) is 1. The Morgan fingerprint density at radius 3 is 2.86 bits per heavy atom. The molecule has 5 atom stereocenters. The van der Waals surface area contributed by atoms with Crippen molar-refractivity contribution in [1.29, 1.82) is 0 Å². The molecule has 0 aromatic heterocycles. The number of carbonyl (C=O) groups is 2. The maximum absolute atomic E-state index is 11.3. The molecule has 78 valence electrons. The van der Waals surface area contributed by atoms with Crippen molar-refractivity contribution in [2.45, 2.75) is 36.2 Å². The van der Waals surface area contributed by atoms with Gasteiger partial charge in [-0.25, -0.2) is 0 Å². The SMILES string of the molecule is CC(=O)OC1C(O)C(Br)C(=O)C2OC21. The molecule has 1 aliphatic carbocycles. The predicted octanol–water partition coefficient (Wildman–Crippen LogP) is -0.607. The maximum atomic E-state index is 11.3. The van der Waals surface area contributed by atoms with Gasteiger partial charge in [-0.2, -0.15) is 0 Å². The molecule has 1 N–H and O–H groups in total. The van der Waals surface area contributed by atoms with E-state index in [-0.39, 0.29) is 5.78 Å². The molecule has 1 aliphatic heterocycles. The molecule has 5 nitrogen and oxygen atoms in total. The van der Waals surface area contributed by atoms with Gasteiger partial charge in [0.2, 0.25) is 0 Å². The van der Waals surface area contributed by atoms with Crippen LogP contribution in [0.2, 0.25) is 0 Å². The molecule has 1 saturated heterocycles. The second-order valence-electron chi connectivity index (χ2n) is 3.39. The minimum Gasteiger partial charge on any atom is -0.457 e. The standard InChI is InChI=1S/C8H9BrO5/c1-2(10)13-6-4(11)3(9)5(12)7-8(6)14-7/h3-4,6-8,11H,1H3. The number of halogens is 1. The van der Waals surface area contributed by atoms with Gasteiger partial charge in [0, 0.05) is 6.92 Å². The Balaban J connectivity index is 2.11. The fourth-order valence-corrected chi connectivity index (χ4v) is 2.18. The maximum Gasteiger partial charge on any atom is 0.303 e. The summed E-state index contributed by atoms with van der Waals surface area (Å²) in [6.45, 7) is 1.25. The summed E-state index contributed by atoms with van der Waals surface area (Å²) in [7, 11) is 0. The van der Waals surface area contributed by atoms with E-state index in [0.717, 1.165) is 0 Å². The lowest BCUT2D eigenvalue weighted by molar-refractivity contribution is -0.155. The lowest BCUT2D eigenvalue weighted by Crippen LogP contribution is -2.50. The number of alkyl halides is 1. The number of ether oxygens (including phenoxy) is 2. The van der Waals surface area contributed by atoms with Crippen molar-refractivity contribution in [2.24, 2.45) is 0 Å². The molecule has 2 fully saturated rings. The van der Waals surface area contributed by atoms with Gasteiger partial charge >= 0.3 is 5.97 Å². The van der Waals surface area contributed by atoms with Gasteiger partial charge in [0.25, 0.3) is 0 Å². The molecule has 5 unspecified atom stereocenters. The quantitative estimate of drug-likeness (QED) is 0.389. The zero-order valence-electron chi connectivity index (χ0n) is 7.34. The lowest BCUT2D eigenvalue weighted by Gasteiger charge is -2.27. The predicted molar refractivity (Wildman–Crippen MR) is 47.9 cm³/mol. The van der Waals surface area contributed by atoms with Gasteiger partial charge in [-0.3, -0.25) is 9.59 Å². The molecular formula is C8H9BrO5. The van der Waals surface area contributed by atoms with Crippen LogP contribution < -0.4 is 0 Å². The summed E-state index contributed by atoms with van der Waals surface area (Å²) in [6.07, 6.45) is -2.75. The van der Waals surface area contributed by atoms with E-state index in [0.29, 0.717) is 0 Å². The second kappa shape index (κ2) is 3.29. The minimum absolute atomic E-state index is 0.189. The van der Waals surface area contributed by atoms with Crippen LogP contribution >= 0.6 is 15.9 Å². The first-order valence-corrected chi connectivity index (χ1v) is 5.12. The zero-order valence-corrected chi connectivity index (χ0v) is 8.93. The molecule has 0 bridgehead atoms. The molecule has 0 radical (unpaired) electrons.